The van der Waals surface area contributed by atoms with E-state index in [1.807, 2.05) is 16.9 Å². The summed E-state index contributed by atoms with van der Waals surface area (Å²) in [7, 11) is 2.21. The van der Waals surface area contributed by atoms with Gasteiger partial charge in [0.25, 0.3) is 0 Å². The largest absolute Gasteiger partial charge is 0.380 e. The van der Waals surface area contributed by atoms with Crippen molar-refractivity contribution in [2.24, 2.45) is 0 Å². The van der Waals surface area contributed by atoms with Gasteiger partial charge >= 0.3 is 0 Å². The first-order valence-corrected chi connectivity index (χ1v) is 7.74. The van der Waals surface area contributed by atoms with Gasteiger partial charge in [-0.3, -0.25) is 4.68 Å². The molecule has 0 amide bonds. The van der Waals surface area contributed by atoms with Crippen LogP contribution in [0.15, 0.2) is 42.7 Å². The van der Waals surface area contributed by atoms with Crippen LogP contribution in [0.25, 0.3) is 0 Å². The smallest absolute Gasteiger partial charge is 0.0728 e. The highest BCUT2D eigenvalue weighted by molar-refractivity contribution is 5.39. The third kappa shape index (κ3) is 3.64. The SMILES string of the molecule is CC1CC(Nc2cnn(Cc3ccccc3)c2)CCN1C. The molecule has 1 N–H and O–H groups in total. The van der Waals surface area contributed by atoms with Crippen molar-refractivity contribution in [3.8, 4) is 0 Å². The Morgan fingerprint density at radius 3 is 2.86 bits per heavy atom. The summed E-state index contributed by atoms with van der Waals surface area (Å²) in [6.45, 7) is 4.29. The second-order valence-corrected chi connectivity index (χ2v) is 6.11. The second kappa shape index (κ2) is 6.31. The molecule has 0 radical (unpaired) electrons. The van der Waals surface area contributed by atoms with Crippen molar-refractivity contribution in [3.63, 3.8) is 0 Å². The molecule has 2 heterocycles. The third-order valence-corrected chi connectivity index (χ3v) is 4.40. The Labute approximate surface area is 126 Å². The first kappa shape index (κ1) is 14.1. The number of piperidine rings is 1. The molecule has 21 heavy (non-hydrogen) atoms. The molecule has 0 spiro atoms. The van der Waals surface area contributed by atoms with E-state index in [-0.39, 0.29) is 0 Å². The van der Waals surface area contributed by atoms with Gasteiger partial charge in [0, 0.05) is 24.8 Å². The summed E-state index contributed by atoms with van der Waals surface area (Å²) in [5.41, 5.74) is 2.41. The molecular weight excluding hydrogens is 260 g/mol. The number of nitrogens with one attached hydrogen (secondary N) is 1. The Bertz CT molecular complexity index is 563. The fourth-order valence-electron chi connectivity index (χ4n) is 2.95. The molecular formula is C17H24N4. The van der Waals surface area contributed by atoms with Crippen molar-refractivity contribution in [2.75, 3.05) is 18.9 Å². The number of anilines is 1. The molecule has 112 valence electrons. The van der Waals surface area contributed by atoms with Gasteiger partial charge in [-0.05, 0) is 32.4 Å². The monoisotopic (exact) mass is 284 g/mol. The zero-order valence-electron chi connectivity index (χ0n) is 12.9. The van der Waals surface area contributed by atoms with Crippen LogP contribution in [0.5, 0.6) is 0 Å². The lowest BCUT2D eigenvalue weighted by Crippen LogP contribution is -2.42. The topological polar surface area (TPSA) is 33.1 Å². The Morgan fingerprint density at radius 1 is 1.29 bits per heavy atom. The molecule has 1 aromatic heterocycles. The van der Waals surface area contributed by atoms with Gasteiger partial charge < -0.3 is 10.2 Å². The molecule has 2 unspecified atom stereocenters. The lowest BCUT2D eigenvalue weighted by molar-refractivity contribution is 0.190. The molecule has 1 aromatic carbocycles. The van der Waals surface area contributed by atoms with Crippen LogP contribution < -0.4 is 5.32 Å². The molecule has 0 aliphatic carbocycles. The van der Waals surface area contributed by atoms with E-state index < -0.39 is 0 Å². The Morgan fingerprint density at radius 2 is 2.10 bits per heavy atom. The van der Waals surface area contributed by atoms with Crippen LogP contribution in [-0.2, 0) is 6.54 Å². The molecule has 2 atom stereocenters. The summed E-state index contributed by atoms with van der Waals surface area (Å²) < 4.78 is 2.00. The molecule has 3 rings (SSSR count). The zero-order valence-corrected chi connectivity index (χ0v) is 12.9. The number of benzene rings is 1. The van der Waals surface area contributed by atoms with Gasteiger partial charge in [0.2, 0.25) is 0 Å². The van der Waals surface area contributed by atoms with Gasteiger partial charge in [0.05, 0.1) is 18.4 Å². The predicted molar refractivity (Wildman–Crippen MR) is 86.5 cm³/mol. The van der Waals surface area contributed by atoms with Gasteiger partial charge in [-0.2, -0.15) is 5.10 Å². The van der Waals surface area contributed by atoms with Gasteiger partial charge in [0.15, 0.2) is 0 Å². The van der Waals surface area contributed by atoms with Crippen LogP contribution in [-0.4, -0.2) is 40.4 Å². The van der Waals surface area contributed by atoms with E-state index in [0.29, 0.717) is 12.1 Å². The Balaban J connectivity index is 1.58. The van der Waals surface area contributed by atoms with Crippen LogP contribution in [0, 0.1) is 0 Å². The average molecular weight is 284 g/mol. The third-order valence-electron chi connectivity index (χ3n) is 4.40. The summed E-state index contributed by atoms with van der Waals surface area (Å²) in [4.78, 5) is 2.43. The van der Waals surface area contributed by atoms with Crippen LogP contribution in [0.4, 0.5) is 5.69 Å². The molecule has 4 nitrogen and oxygen atoms in total. The quantitative estimate of drug-likeness (QED) is 0.937. The number of aromatic nitrogens is 2. The minimum absolute atomic E-state index is 0.561. The van der Waals surface area contributed by atoms with E-state index in [0.717, 1.165) is 18.8 Å². The number of rotatable bonds is 4. The molecule has 1 aliphatic heterocycles. The van der Waals surface area contributed by atoms with E-state index in [9.17, 15) is 0 Å². The van der Waals surface area contributed by atoms with Gasteiger partial charge in [0.1, 0.15) is 0 Å². The van der Waals surface area contributed by atoms with E-state index in [4.69, 9.17) is 0 Å². The maximum absolute atomic E-state index is 4.45. The summed E-state index contributed by atoms with van der Waals surface area (Å²) in [6.07, 6.45) is 6.44. The average Bonchev–Trinajstić information content (AvgIpc) is 2.91. The van der Waals surface area contributed by atoms with Crippen LogP contribution in [0.3, 0.4) is 0 Å². The number of hydrogen-bond donors (Lipinski definition) is 1. The second-order valence-electron chi connectivity index (χ2n) is 6.11. The minimum Gasteiger partial charge on any atom is -0.380 e. The van der Waals surface area contributed by atoms with Crippen molar-refractivity contribution in [2.45, 2.75) is 38.4 Å². The Kier molecular flexibility index (Phi) is 4.25. The summed E-state index contributed by atoms with van der Waals surface area (Å²) >= 11 is 0. The molecule has 1 saturated heterocycles. The Hall–Kier alpha value is -1.81. The summed E-state index contributed by atoms with van der Waals surface area (Å²) in [5.74, 6) is 0. The highest BCUT2D eigenvalue weighted by Crippen LogP contribution is 2.19. The minimum atomic E-state index is 0.561. The standard InChI is InChI=1S/C17H24N4/c1-14-10-16(8-9-20(14)2)19-17-11-18-21(13-17)12-15-6-4-3-5-7-15/h3-7,11,13-14,16,19H,8-10,12H2,1-2H3. The highest BCUT2D eigenvalue weighted by Gasteiger charge is 2.22. The predicted octanol–water partition coefficient (Wildman–Crippen LogP) is 2.83. The molecule has 0 bridgehead atoms. The molecule has 4 heteroatoms. The molecule has 2 aromatic rings. The number of likely N-dealkylation sites (tertiary alicyclic amines) is 1. The fraction of sp³-hybridized carbons (Fsp3) is 0.471. The van der Waals surface area contributed by atoms with Crippen molar-refractivity contribution in [1.82, 2.24) is 14.7 Å². The lowest BCUT2D eigenvalue weighted by Gasteiger charge is -2.35. The molecule has 1 fully saturated rings. The normalized spacial score (nSPS) is 23.1. The van der Waals surface area contributed by atoms with E-state index in [1.165, 1.54) is 18.4 Å². The van der Waals surface area contributed by atoms with Crippen LogP contribution in [0.2, 0.25) is 0 Å². The van der Waals surface area contributed by atoms with Gasteiger partial charge in [-0.1, -0.05) is 30.3 Å². The van der Waals surface area contributed by atoms with Crippen molar-refractivity contribution in [1.29, 1.82) is 0 Å². The summed E-state index contributed by atoms with van der Waals surface area (Å²) in [5, 5.41) is 8.08. The van der Waals surface area contributed by atoms with E-state index >= 15 is 0 Å². The fourth-order valence-corrected chi connectivity index (χ4v) is 2.95. The van der Waals surface area contributed by atoms with Crippen molar-refractivity contribution >= 4 is 5.69 Å². The molecule has 0 saturated carbocycles. The maximum atomic E-state index is 4.45. The van der Waals surface area contributed by atoms with Crippen LogP contribution in [0.1, 0.15) is 25.3 Å². The van der Waals surface area contributed by atoms with E-state index in [2.05, 4.69) is 59.7 Å². The first-order chi connectivity index (χ1) is 10.2. The maximum Gasteiger partial charge on any atom is 0.0728 e. The molecule has 1 aliphatic rings. The highest BCUT2D eigenvalue weighted by atomic mass is 15.3. The zero-order chi connectivity index (χ0) is 14.7. The van der Waals surface area contributed by atoms with Crippen molar-refractivity contribution in [3.05, 3.63) is 48.3 Å². The first-order valence-electron chi connectivity index (χ1n) is 7.74. The number of nitrogens with zero attached hydrogens (tertiary/aromatic N) is 3. The van der Waals surface area contributed by atoms with Gasteiger partial charge in [-0.25, -0.2) is 0 Å². The van der Waals surface area contributed by atoms with Crippen LogP contribution >= 0.6 is 0 Å². The van der Waals surface area contributed by atoms with E-state index in [1.54, 1.807) is 0 Å². The van der Waals surface area contributed by atoms with Gasteiger partial charge in [-0.15, -0.1) is 0 Å². The lowest BCUT2D eigenvalue weighted by atomic mass is 9.99. The number of hydrogen-bond acceptors (Lipinski definition) is 3. The van der Waals surface area contributed by atoms with Crippen molar-refractivity contribution < 1.29 is 0 Å². The summed E-state index contributed by atoms with van der Waals surface area (Å²) in [6, 6.07) is 11.7.